The molecule has 0 aromatic rings. The number of rotatable bonds is 7. The highest BCUT2D eigenvalue weighted by molar-refractivity contribution is 6.01. The van der Waals surface area contributed by atoms with E-state index < -0.39 is 18.0 Å². The van der Waals surface area contributed by atoms with Gasteiger partial charge in [0, 0.05) is 7.11 Å². The van der Waals surface area contributed by atoms with E-state index >= 15 is 0 Å². The van der Waals surface area contributed by atoms with Crippen molar-refractivity contribution in [3.8, 4) is 0 Å². The summed E-state index contributed by atoms with van der Waals surface area (Å²) in [6.45, 7) is 7.55. The average molecular weight is 230 g/mol. The lowest BCUT2D eigenvalue weighted by atomic mass is 9.88. The van der Waals surface area contributed by atoms with Crippen LogP contribution in [0, 0.1) is 11.8 Å². The van der Waals surface area contributed by atoms with Crippen molar-refractivity contribution in [2.24, 2.45) is 11.8 Å². The number of esters is 1. The number of ether oxygens (including phenoxy) is 2. The second-order valence-corrected chi connectivity index (χ2v) is 4.01. The number of hydrogen-bond donors (Lipinski definition) is 0. The van der Waals surface area contributed by atoms with Gasteiger partial charge in [0.2, 0.25) is 0 Å². The highest BCUT2D eigenvalue weighted by atomic mass is 16.5. The monoisotopic (exact) mass is 230 g/mol. The first kappa shape index (κ1) is 15.1. The van der Waals surface area contributed by atoms with Crippen LogP contribution in [0.15, 0.2) is 0 Å². The summed E-state index contributed by atoms with van der Waals surface area (Å²) in [5.41, 5.74) is 0. The maximum Gasteiger partial charge on any atom is 0.316 e. The molecule has 0 aliphatic heterocycles. The van der Waals surface area contributed by atoms with Crippen LogP contribution in [0.2, 0.25) is 0 Å². The molecule has 16 heavy (non-hydrogen) atoms. The molecule has 0 rings (SSSR count). The van der Waals surface area contributed by atoms with E-state index in [1.807, 2.05) is 20.8 Å². The molecule has 0 fully saturated rings. The van der Waals surface area contributed by atoms with Gasteiger partial charge in [-0.15, -0.1) is 0 Å². The van der Waals surface area contributed by atoms with E-state index in [0.717, 1.165) is 0 Å². The highest BCUT2D eigenvalue weighted by Crippen LogP contribution is 2.18. The Bertz CT molecular complexity index is 231. The minimum Gasteiger partial charge on any atom is -0.465 e. The third-order valence-electron chi connectivity index (χ3n) is 2.49. The van der Waals surface area contributed by atoms with Gasteiger partial charge < -0.3 is 9.47 Å². The molecule has 0 saturated heterocycles. The van der Waals surface area contributed by atoms with Crippen LogP contribution in [0.5, 0.6) is 0 Å². The lowest BCUT2D eigenvalue weighted by molar-refractivity contribution is -0.156. The van der Waals surface area contributed by atoms with E-state index in [-0.39, 0.29) is 11.7 Å². The van der Waals surface area contributed by atoms with Crippen molar-refractivity contribution in [3.63, 3.8) is 0 Å². The molecule has 94 valence electrons. The van der Waals surface area contributed by atoms with Crippen molar-refractivity contribution < 1.29 is 19.1 Å². The molecule has 2 atom stereocenters. The topological polar surface area (TPSA) is 52.6 Å². The minimum absolute atomic E-state index is 0.0734. The van der Waals surface area contributed by atoms with Crippen LogP contribution >= 0.6 is 0 Å². The van der Waals surface area contributed by atoms with Crippen LogP contribution in [0.4, 0.5) is 0 Å². The van der Waals surface area contributed by atoms with Crippen molar-refractivity contribution in [3.05, 3.63) is 0 Å². The summed E-state index contributed by atoms with van der Waals surface area (Å²) >= 11 is 0. The lowest BCUT2D eigenvalue weighted by Gasteiger charge is -2.22. The van der Waals surface area contributed by atoms with Crippen molar-refractivity contribution in [1.29, 1.82) is 0 Å². The van der Waals surface area contributed by atoms with Gasteiger partial charge >= 0.3 is 5.97 Å². The van der Waals surface area contributed by atoms with Crippen molar-refractivity contribution >= 4 is 11.8 Å². The summed E-state index contributed by atoms with van der Waals surface area (Å²) in [5.74, 6) is -1.42. The van der Waals surface area contributed by atoms with E-state index in [1.165, 1.54) is 7.11 Å². The van der Waals surface area contributed by atoms with Crippen LogP contribution in [0.1, 0.15) is 34.1 Å². The van der Waals surface area contributed by atoms with Gasteiger partial charge in [-0.2, -0.15) is 0 Å². The number of methoxy groups -OCH3 is 1. The van der Waals surface area contributed by atoms with Gasteiger partial charge in [-0.05, 0) is 19.3 Å². The summed E-state index contributed by atoms with van der Waals surface area (Å²) in [6, 6.07) is 0. The second-order valence-electron chi connectivity index (χ2n) is 4.01. The zero-order chi connectivity index (χ0) is 12.7. The zero-order valence-electron chi connectivity index (χ0n) is 10.8. The largest absolute Gasteiger partial charge is 0.465 e. The van der Waals surface area contributed by atoms with Gasteiger partial charge in [-0.1, -0.05) is 20.8 Å². The fourth-order valence-electron chi connectivity index (χ4n) is 1.63. The van der Waals surface area contributed by atoms with Gasteiger partial charge in [-0.25, -0.2) is 0 Å². The highest BCUT2D eigenvalue weighted by Gasteiger charge is 2.35. The van der Waals surface area contributed by atoms with Crippen molar-refractivity contribution in [1.82, 2.24) is 0 Å². The Morgan fingerprint density at radius 2 is 1.75 bits per heavy atom. The fourth-order valence-corrected chi connectivity index (χ4v) is 1.63. The molecule has 0 aromatic heterocycles. The van der Waals surface area contributed by atoms with E-state index in [9.17, 15) is 9.59 Å². The molecule has 2 unspecified atom stereocenters. The van der Waals surface area contributed by atoms with Gasteiger partial charge in [0.15, 0.2) is 5.78 Å². The smallest absolute Gasteiger partial charge is 0.316 e. The Morgan fingerprint density at radius 3 is 2.06 bits per heavy atom. The molecule has 4 heteroatoms. The summed E-state index contributed by atoms with van der Waals surface area (Å²) in [4.78, 5) is 23.7. The Kier molecular flexibility index (Phi) is 6.97. The third kappa shape index (κ3) is 3.93. The quantitative estimate of drug-likeness (QED) is 0.494. The maximum absolute atomic E-state index is 12.0. The van der Waals surface area contributed by atoms with Crippen LogP contribution in [0.3, 0.4) is 0 Å². The fraction of sp³-hybridized carbons (Fsp3) is 0.833. The molecule has 0 spiro atoms. The molecule has 0 N–H and O–H groups in total. The first-order chi connectivity index (χ1) is 7.49. The van der Waals surface area contributed by atoms with Gasteiger partial charge in [0.25, 0.3) is 0 Å². The molecule has 0 aliphatic carbocycles. The first-order valence-corrected chi connectivity index (χ1v) is 5.72. The number of carbonyl (C=O) groups is 2. The predicted octanol–water partition coefficient (Wildman–Crippen LogP) is 1.82. The molecule has 0 bridgehead atoms. The standard InChI is InChI=1S/C12H22O4/c1-6-9(15-5)11(13)10(8(3)4)12(14)16-7-2/h8-10H,6-7H2,1-5H3. The first-order valence-electron chi connectivity index (χ1n) is 5.72. The number of hydrogen-bond acceptors (Lipinski definition) is 4. The summed E-state index contributed by atoms with van der Waals surface area (Å²) in [6.07, 6.45) is 0.0506. The van der Waals surface area contributed by atoms with Crippen LogP contribution in [-0.4, -0.2) is 31.6 Å². The minimum atomic E-state index is -0.718. The number of ketones is 1. The number of carbonyl (C=O) groups excluding carboxylic acids is 2. The van der Waals surface area contributed by atoms with E-state index in [0.29, 0.717) is 13.0 Å². The molecule has 0 radical (unpaired) electrons. The van der Waals surface area contributed by atoms with Crippen LogP contribution in [0.25, 0.3) is 0 Å². The van der Waals surface area contributed by atoms with E-state index in [4.69, 9.17) is 9.47 Å². The third-order valence-corrected chi connectivity index (χ3v) is 2.49. The van der Waals surface area contributed by atoms with Crippen LogP contribution in [-0.2, 0) is 19.1 Å². The van der Waals surface area contributed by atoms with E-state index in [1.54, 1.807) is 6.92 Å². The average Bonchev–Trinajstić information content (AvgIpc) is 2.19. The summed E-state index contributed by atoms with van der Waals surface area (Å²) < 4.78 is 9.97. The predicted molar refractivity (Wildman–Crippen MR) is 61.1 cm³/mol. The van der Waals surface area contributed by atoms with E-state index in [2.05, 4.69) is 0 Å². The zero-order valence-corrected chi connectivity index (χ0v) is 10.8. The molecule has 0 amide bonds. The molecule has 0 aromatic carbocycles. The maximum atomic E-state index is 12.0. The van der Waals surface area contributed by atoms with Gasteiger partial charge in [0.1, 0.15) is 12.0 Å². The van der Waals surface area contributed by atoms with Gasteiger partial charge in [-0.3, -0.25) is 9.59 Å². The molecule has 0 aliphatic rings. The Morgan fingerprint density at radius 1 is 1.19 bits per heavy atom. The lowest BCUT2D eigenvalue weighted by Crippen LogP contribution is -2.38. The molecule has 4 nitrogen and oxygen atoms in total. The Labute approximate surface area is 97.3 Å². The van der Waals surface area contributed by atoms with Gasteiger partial charge in [0.05, 0.1) is 6.61 Å². The number of Topliss-reactive ketones (excluding diaryl/α,β-unsaturated/α-hetero) is 1. The SMILES string of the molecule is CCOC(=O)C(C(=O)C(CC)OC)C(C)C. The van der Waals surface area contributed by atoms with Crippen molar-refractivity contribution in [2.75, 3.05) is 13.7 Å². The molecular weight excluding hydrogens is 208 g/mol. The second kappa shape index (κ2) is 7.39. The van der Waals surface area contributed by atoms with Crippen LogP contribution < -0.4 is 0 Å². The summed E-state index contributed by atoms with van der Waals surface area (Å²) in [5, 5.41) is 0. The Hall–Kier alpha value is -0.900. The molecule has 0 saturated carbocycles. The summed E-state index contributed by atoms with van der Waals surface area (Å²) in [7, 11) is 1.48. The molecular formula is C12H22O4. The Balaban J connectivity index is 4.77. The van der Waals surface area contributed by atoms with Crippen molar-refractivity contribution in [2.45, 2.75) is 40.2 Å². The normalized spacial score (nSPS) is 14.6. The molecule has 0 heterocycles.